The van der Waals surface area contributed by atoms with Crippen molar-refractivity contribution in [2.75, 3.05) is 13.2 Å². The van der Waals surface area contributed by atoms with Gasteiger partial charge in [-0.2, -0.15) is 0 Å². The van der Waals surface area contributed by atoms with E-state index in [0.717, 1.165) is 35.9 Å². The minimum Gasteiger partial charge on any atom is -0.381 e. The summed E-state index contributed by atoms with van der Waals surface area (Å²) < 4.78 is 11.3. The van der Waals surface area contributed by atoms with Crippen LogP contribution in [-0.4, -0.2) is 37.8 Å². The number of ether oxygens (including phenoxy) is 1. The Kier molecular flexibility index (Phi) is 3.56. The summed E-state index contributed by atoms with van der Waals surface area (Å²) in [5.74, 6) is 0.790. The van der Waals surface area contributed by atoms with Crippen molar-refractivity contribution in [1.82, 2.24) is 24.6 Å². The molecule has 0 spiro atoms. The molecule has 3 heterocycles. The third kappa shape index (κ3) is 2.66. The van der Waals surface area contributed by atoms with Gasteiger partial charge in [-0.05, 0) is 23.9 Å². The Morgan fingerprint density at radius 1 is 1.47 bits per heavy atom. The molecule has 1 atom stereocenters. The molecule has 0 N–H and O–H groups in total. The highest BCUT2D eigenvalue weighted by Gasteiger charge is 2.21. The summed E-state index contributed by atoms with van der Waals surface area (Å²) in [7, 11) is 0. The highest BCUT2D eigenvalue weighted by molar-refractivity contribution is 7.05. The molecule has 102 valence electrons. The summed E-state index contributed by atoms with van der Waals surface area (Å²) in [4.78, 5) is 1.16. The zero-order valence-electron chi connectivity index (χ0n) is 11.1. The second-order valence-corrected chi connectivity index (χ2v) is 5.98. The van der Waals surface area contributed by atoms with Crippen molar-refractivity contribution >= 4 is 11.5 Å². The lowest BCUT2D eigenvalue weighted by Crippen LogP contribution is -2.03. The van der Waals surface area contributed by atoms with Gasteiger partial charge in [-0.1, -0.05) is 23.5 Å². The predicted molar refractivity (Wildman–Crippen MR) is 71.3 cm³/mol. The van der Waals surface area contributed by atoms with Gasteiger partial charge in [0.2, 0.25) is 0 Å². The molecule has 1 saturated heterocycles. The molecule has 19 heavy (non-hydrogen) atoms. The molecule has 7 heteroatoms. The van der Waals surface area contributed by atoms with E-state index in [-0.39, 0.29) is 0 Å². The standard InChI is InChI=1S/C12H17N5OS/c1-8(2)12-11(19-16-14-12)6-17-5-10(13-15-17)9-3-4-18-7-9/h5,8-9H,3-4,6-7H2,1-2H3/t9-/m0/s1. The van der Waals surface area contributed by atoms with Crippen LogP contribution in [-0.2, 0) is 11.3 Å². The molecule has 2 aromatic heterocycles. The summed E-state index contributed by atoms with van der Waals surface area (Å²) in [5.41, 5.74) is 2.09. The SMILES string of the molecule is CC(C)c1nnsc1Cn1cc([C@H]2CCOC2)nn1. The molecule has 0 amide bonds. The van der Waals surface area contributed by atoms with Gasteiger partial charge >= 0.3 is 0 Å². The van der Waals surface area contributed by atoms with Crippen molar-refractivity contribution in [3.63, 3.8) is 0 Å². The van der Waals surface area contributed by atoms with Crippen molar-refractivity contribution in [3.05, 3.63) is 22.5 Å². The maximum Gasteiger partial charge on any atom is 0.0881 e. The largest absolute Gasteiger partial charge is 0.381 e. The molecule has 1 fully saturated rings. The molecule has 0 aliphatic carbocycles. The van der Waals surface area contributed by atoms with Gasteiger partial charge in [0.05, 0.1) is 29.4 Å². The summed E-state index contributed by atoms with van der Waals surface area (Å²) in [6.45, 7) is 6.54. The molecule has 0 bridgehead atoms. The van der Waals surface area contributed by atoms with Crippen LogP contribution in [0.3, 0.4) is 0 Å². The normalized spacial score (nSPS) is 19.4. The van der Waals surface area contributed by atoms with Crippen LogP contribution >= 0.6 is 11.5 Å². The molecule has 1 aliphatic heterocycles. The molecule has 3 rings (SSSR count). The summed E-state index contributed by atoms with van der Waals surface area (Å²) >= 11 is 1.44. The molecule has 1 aliphatic rings. The van der Waals surface area contributed by atoms with Gasteiger partial charge in [0, 0.05) is 18.7 Å². The Balaban J connectivity index is 1.74. The molecule has 0 radical (unpaired) electrons. The van der Waals surface area contributed by atoms with Crippen LogP contribution < -0.4 is 0 Å². The first kappa shape index (κ1) is 12.7. The lowest BCUT2D eigenvalue weighted by atomic mass is 10.1. The van der Waals surface area contributed by atoms with E-state index in [1.165, 1.54) is 11.5 Å². The topological polar surface area (TPSA) is 65.7 Å². The van der Waals surface area contributed by atoms with Gasteiger partial charge in [0.1, 0.15) is 0 Å². The van der Waals surface area contributed by atoms with E-state index in [2.05, 4.69) is 33.7 Å². The van der Waals surface area contributed by atoms with Gasteiger partial charge in [-0.25, -0.2) is 4.68 Å². The Bertz CT molecular complexity index is 544. The third-order valence-corrected chi connectivity index (χ3v) is 4.06. The van der Waals surface area contributed by atoms with E-state index in [1.54, 1.807) is 0 Å². The van der Waals surface area contributed by atoms with Crippen molar-refractivity contribution in [3.8, 4) is 0 Å². The zero-order chi connectivity index (χ0) is 13.2. The minimum absolute atomic E-state index is 0.389. The van der Waals surface area contributed by atoms with E-state index in [0.29, 0.717) is 18.4 Å². The predicted octanol–water partition coefficient (Wildman–Crippen LogP) is 1.81. The Morgan fingerprint density at radius 3 is 3.11 bits per heavy atom. The van der Waals surface area contributed by atoms with E-state index < -0.39 is 0 Å². The van der Waals surface area contributed by atoms with Crippen LogP contribution in [0, 0.1) is 0 Å². The first-order valence-electron chi connectivity index (χ1n) is 6.53. The molecular formula is C12H17N5OS. The average Bonchev–Trinajstić information content (AvgIpc) is 3.09. The monoisotopic (exact) mass is 279 g/mol. The second-order valence-electron chi connectivity index (χ2n) is 5.14. The lowest BCUT2D eigenvalue weighted by Gasteiger charge is -2.03. The highest BCUT2D eigenvalue weighted by Crippen LogP contribution is 2.24. The molecule has 2 aromatic rings. The fourth-order valence-corrected chi connectivity index (χ4v) is 3.04. The van der Waals surface area contributed by atoms with Crippen LogP contribution in [0.1, 0.15) is 48.4 Å². The number of aromatic nitrogens is 5. The number of rotatable bonds is 4. The molecule has 0 saturated carbocycles. The Morgan fingerprint density at radius 2 is 2.37 bits per heavy atom. The molecule has 0 unspecified atom stereocenters. The van der Waals surface area contributed by atoms with Crippen LogP contribution in [0.25, 0.3) is 0 Å². The van der Waals surface area contributed by atoms with E-state index in [9.17, 15) is 0 Å². The number of hydrogen-bond acceptors (Lipinski definition) is 6. The smallest absolute Gasteiger partial charge is 0.0881 e. The average molecular weight is 279 g/mol. The van der Waals surface area contributed by atoms with Crippen LogP contribution in [0.15, 0.2) is 6.20 Å². The molecular weight excluding hydrogens is 262 g/mol. The highest BCUT2D eigenvalue weighted by atomic mass is 32.1. The van der Waals surface area contributed by atoms with E-state index in [1.807, 2.05) is 10.9 Å². The van der Waals surface area contributed by atoms with Crippen molar-refractivity contribution < 1.29 is 4.74 Å². The third-order valence-electron chi connectivity index (χ3n) is 3.34. The molecule has 6 nitrogen and oxygen atoms in total. The summed E-state index contributed by atoms with van der Waals surface area (Å²) in [6.07, 6.45) is 3.06. The zero-order valence-corrected chi connectivity index (χ0v) is 11.9. The summed E-state index contributed by atoms with van der Waals surface area (Å²) in [5, 5.41) is 12.6. The van der Waals surface area contributed by atoms with Crippen molar-refractivity contribution in [1.29, 1.82) is 0 Å². The fraction of sp³-hybridized carbons (Fsp3) is 0.667. The van der Waals surface area contributed by atoms with Crippen molar-refractivity contribution in [2.24, 2.45) is 0 Å². The Labute approximate surface area is 116 Å². The van der Waals surface area contributed by atoms with Gasteiger partial charge < -0.3 is 4.74 Å². The van der Waals surface area contributed by atoms with E-state index >= 15 is 0 Å². The van der Waals surface area contributed by atoms with Gasteiger partial charge in [0.25, 0.3) is 0 Å². The first-order valence-corrected chi connectivity index (χ1v) is 7.30. The van der Waals surface area contributed by atoms with E-state index in [4.69, 9.17) is 4.74 Å². The van der Waals surface area contributed by atoms with Crippen LogP contribution in [0.2, 0.25) is 0 Å². The second kappa shape index (κ2) is 5.34. The van der Waals surface area contributed by atoms with Gasteiger partial charge in [-0.3, -0.25) is 0 Å². The van der Waals surface area contributed by atoms with Crippen LogP contribution in [0.4, 0.5) is 0 Å². The number of nitrogens with zero attached hydrogens (tertiary/aromatic N) is 5. The van der Waals surface area contributed by atoms with Crippen molar-refractivity contribution in [2.45, 2.75) is 38.6 Å². The van der Waals surface area contributed by atoms with Gasteiger partial charge in [0.15, 0.2) is 0 Å². The maximum atomic E-state index is 5.38. The summed E-state index contributed by atoms with van der Waals surface area (Å²) in [6, 6.07) is 0. The quantitative estimate of drug-likeness (QED) is 0.854. The molecule has 0 aromatic carbocycles. The lowest BCUT2D eigenvalue weighted by molar-refractivity contribution is 0.193. The number of hydrogen-bond donors (Lipinski definition) is 0. The fourth-order valence-electron chi connectivity index (χ4n) is 2.26. The van der Waals surface area contributed by atoms with Gasteiger partial charge in [-0.15, -0.1) is 10.2 Å². The first-order chi connectivity index (χ1) is 9.24. The maximum absolute atomic E-state index is 5.38. The minimum atomic E-state index is 0.389. The van der Waals surface area contributed by atoms with Crippen LogP contribution in [0.5, 0.6) is 0 Å². The Hall–Kier alpha value is -1.34.